The molecule has 5 heteroatoms. The smallest absolute Gasteiger partial charge is 0.104 e. The second kappa shape index (κ2) is 42.1. The molecule has 262 valence electrons. The van der Waals surface area contributed by atoms with Crippen molar-refractivity contribution in [1.29, 1.82) is 0 Å². The minimum Gasteiger partial charge on any atom is -0.379 e. The summed E-state index contributed by atoms with van der Waals surface area (Å²) >= 11 is 0. The predicted molar refractivity (Wildman–Crippen MR) is 193 cm³/mol. The molecule has 0 heterocycles. The molecule has 0 aliphatic rings. The van der Waals surface area contributed by atoms with Crippen LogP contribution in [0.3, 0.4) is 0 Å². The number of halogens is 1. The summed E-state index contributed by atoms with van der Waals surface area (Å²) in [6.07, 6.45) is 39.8. The fraction of sp³-hybridized carbons (Fsp3) is 1.00. The third-order valence-electron chi connectivity index (χ3n) is 8.59. The summed E-state index contributed by atoms with van der Waals surface area (Å²) in [5, 5.41) is 0. The predicted octanol–water partition coefficient (Wildman–Crippen LogP) is 12.1. The Labute approximate surface area is 277 Å². The van der Waals surface area contributed by atoms with E-state index < -0.39 is 0 Å². The summed E-state index contributed by atoms with van der Waals surface area (Å²) in [6.45, 7) is 8.92. The van der Waals surface area contributed by atoms with Gasteiger partial charge in [-0.2, -0.15) is 0 Å². The zero-order chi connectivity index (χ0) is 30.4. The molecule has 0 radical (unpaired) electrons. The van der Waals surface area contributed by atoms with Crippen LogP contribution in [0.15, 0.2) is 0 Å². The zero-order valence-corrected chi connectivity index (χ0v) is 30.4. The molecule has 0 spiro atoms. The minimum atomic E-state index is 0. The lowest BCUT2D eigenvalue weighted by Gasteiger charge is -2.18. The van der Waals surface area contributed by atoms with Crippen LogP contribution in [0.2, 0.25) is 0 Å². The fourth-order valence-corrected chi connectivity index (χ4v) is 5.70. The monoisotopic (exact) mass is 634 g/mol. The molecular formula is C38H80ClNO3. The maximum absolute atomic E-state index is 6.00. The lowest BCUT2D eigenvalue weighted by molar-refractivity contribution is -0.0609. The van der Waals surface area contributed by atoms with Crippen LogP contribution in [0.4, 0.5) is 0 Å². The minimum absolute atomic E-state index is 0. The maximum atomic E-state index is 6.00. The van der Waals surface area contributed by atoms with E-state index in [0.717, 1.165) is 32.5 Å². The summed E-state index contributed by atoms with van der Waals surface area (Å²) < 4.78 is 18.0. The highest BCUT2D eigenvalue weighted by Gasteiger charge is 2.10. The molecule has 2 N–H and O–H groups in total. The molecule has 0 amide bonds. The molecule has 0 fully saturated rings. The van der Waals surface area contributed by atoms with E-state index in [1.165, 1.54) is 167 Å². The van der Waals surface area contributed by atoms with Gasteiger partial charge in [0.1, 0.15) is 6.10 Å². The molecule has 0 aromatic carbocycles. The molecule has 0 aliphatic heterocycles. The second-order valence-electron chi connectivity index (χ2n) is 13.0. The van der Waals surface area contributed by atoms with Gasteiger partial charge in [-0.15, -0.1) is 12.4 Å². The van der Waals surface area contributed by atoms with Gasteiger partial charge in [-0.05, 0) is 25.8 Å². The van der Waals surface area contributed by atoms with Crippen LogP contribution in [-0.4, -0.2) is 45.7 Å². The van der Waals surface area contributed by atoms with Gasteiger partial charge < -0.3 is 19.9 Å². The van der Waals surface area contributed by atoms with Crippen molar-refractivity contribution in [2.75, 3.05) is 39.6 Å². The zero-order valence-electron chi connectivity index (χ0n) is 29.5. The van der Waals surface area contributed by atoms with Gasteiger partial charge in [0.05, 0.1) is 13.2 Å². The quantitative estimate of drug-likeness (QED) is 0.0687. The standard InChI is InChI=1S/C38H79NO3.ClH/c1-3-5-7-9-11-13-15-17-19-21-23-25-27-29-33-40-36-38(42-35-31-32-39)37-41-34-30-28-26-24-22-20-18-16-14-12-10-8-6-4-2;/h38H,3-37,39H2,1-2H3;1H. The lowest BCUT2D eigenvalue weighted by Crippen LogP contribution is -2.27. The first-order valence-corrected chi connectivity index (χ1v) is 19.3. The van der Waals surface area contributed by atoms with Crippen LogP contribution in [-0.2, 0) is 14.2 Å². The van der Waals surface area contributed by atoms with E-state index in [1.807, 2.05) is 0 Å². The SMILES string of the molecule is CCCCCCCCCCCCCCCCOCC(COCCCCCCCCCCCCCCCC)OCCCN.Cl. The molecular weight excluding hydrogens is 554 g/mol. The van der Waals surface area contributed by atoms with Crippen molar-refractivity contribution in [3.63, 3.8) is 0 Å². The number of hydrogen-bond donors (Lipinski definition) is 1. The Kier molecular flexibility index (Phi) is 44.3. The Hall–Kier alpha value is 0.130. The highest BCUT2D eigenvalue weighted by atomic mass is 35.5. The number of nitrogens with two attached hydrogens (primary N) is 1. The molecule has 0 aromatic heterocycles. The van der Waals surface area contributed by atoms with Gasteiger partial charge in [0, 0.05) is 19.8 Å². The molecule has 0 aliphatic carbocycles. The Bertz CT molecular complexity index is 432. The molecule has 0 atom stereocenters. The topological polar surface area (TPSA) is 53.7 Å². The summed E-state index contributed by atoms with van der Waals surface area (Å²) in [5.41, 5.74) is 5.65. The highest BCUT2D eigenvalue weighted by Crippen LogP contribution is 2.14. The first-order chi connectivity index (χ1) is 20.8. The number of ether oxygens (including phenoxy) is 3. The van der Waals surface area contributed by atoms with E-state index in [2.05, 4.69) is 13.8 Å². The summed E-state index contributed by atoms with van der Waals surface area (Å²) in [6, 6.07) is 0. The summed E-state index contributed by atoms with van der Waals surface area (Å²) in [5.74, 6) is 0. The van der Waals surface area contributed by atoms with Crippen LogP contribution in [0.5, 0.6) is 0 Å². The first kappa shape index (κ1) is 45.3. The maximum Gasteiger partial charge on any atom is 0.104 e. The third kappa shape index (κ3) is 40.1. The van der Waals surface area contributed by atoms with Gasteiger partial charge in [-0.25, -0.2) is 0 Å². The van der Waals surface area contributed by atoms with Crippen molar-refractivity contribution >= 4 is 12.4 Å². The number of hydrogen-bond acceptors (Lipinski definition) is 4. The lowest BCUT2D eigenvalue weighted by atomic mass is 10.0. The fourth-order valence-electron chi connectivity index (χ4n) is 5.70. The van der Waals surface area contributed by atoms with Crippen molar-refractivity contribution in [1.82, 2.24) is 0 Å². The molecule has 0 saturated heterocycles. The summed E-state index contributed by atoms with van der Waals surface area (Å²) in [4.78, 5) is 0. The van der Waals surface area contributed by atoms with Crippen LogP contribution in [0.25, 0.3) is 0 Å². The molecule has 4 nitrogen and oxygen atoms in total. The average molecular weight is 635 g/mol. The van der Waals surface area contributed by atoms with Crippen molar-refractivity contribution in [2.45, 2.75) is 206 Å². The number of rotatable bonds is 38. The number of unbranched alkanes of at least 4 members (excludes halogenated alkanes) is 26. The molecule has 0 saturated carbocycles. The van der Waals surface area contributed by atoms with Gasteiger partial charge in [0.25, 0.3) is 0 Å². The Balaban J connectivity index is 0. The molecule has 0 bridgehead atoms. The van der Waals surface area contributed by atoms with Crippen LogP contribution >= 0.6 is 12.4 Å². The second-order valence-corrected chi connectivity index (χ2v) is 13.0. The third-order valence-corrected chi connectivity index (χ3v) is 8.59. The van der Waals surface area contributed by atoms with Crippen molar-refractivity contribution in [3.05, 3.63) is 0 Å². The van der Waals surface area contributed by atoms with Gasteiger partial charge in [-0.3, -0.25) is 0 Å². The Morgan fingerprint density at radius 1 is 0.372 bits per heavy atom. The van der Waals surface area contributed by atoms with E-state index in [4.69, 9.17) is 19.9 Å². The van der Waals surface area contributed by atoms with E-state index in [0.29, 0.717) is 26.4 Å². The van der Waals surface area contributed by atoms with Gasteiger partial charge in [-0.1, -0.05) is 181 Å². The van der Waals surface area contributed by atoms with Crippen molar-refractivity contribution < 1.29 is 14.2 Å². The molecule has 0 rings (SSSR count). The van der Waals surface area contributed by atoms with Crippen molar-refractivity contribution in [2.24, 2.45) is 5.73 Å². The van der Waals surface area contributed by atoms with E-state index in [1.54, 1.807) is 0 Å². The normalized spacial score (nSPS) is 11.4. The van der Waals surface area contributed by atoms with Crippen LogP contribution in [0, 0.1) is 0 Å². The Morgan fingerprint density at radius 2 is 0.651 bits per heavy atom. The van der Waals surface area contributed by atoms with E-state index in [9.17, 15) is 0 Å². The van der Waals surface area contributed by atoms with Crippen LogP contribution in [0.1, 0.15) is 200 Å². The average Bonchev–Trinajstić information content (AvgIpc) is 3.00. The van der Waals surface area contributed by atoms with Crippen molar-refractivity contribution in [3.8, 4) is 0 Å². The van der Waals surface area contributed by atoms with E-state index >= 15 is 0 Å². The van der Waals surface area contributed by atoms with Gasteiger partial charge in [0.15, 0.2) is 0 Å². The van der Waals surface area contributed by atoms with Crippen LogP contribution < -0.4 is 5.73 Å². The largest absolute Gasteiger partial charge is 0.379 e. The molecule has 0 unspecified atom stereocenters. The van der Waals surface area contributed by atoms with Gasteiger partial charge in [0.2, 0.25) is 0 Å². The Morgan fingerprint density at radius 3 is 0.930 bits per heavy atom. The summed E-state index contributed by atoms with van der Waals surface area (Å²) in [7, 11) is 0. The van der Waals surface area contributed by atoms with E-state index in [-0.39, 0.29) is 18.5 Å². The molecule has 0 aromatic rings. The van der Waals surface area contributed by atoms with Gasteiger partial charge >= 0.3 is 0 Å². The first-order valence-electron chi connectivity index (χ1n) is 19.3. The molecule has 43 heavy (non-hydrogen) atoms. The highest BCUT2D eigenvalue weighted by molar-refractivity contribution is 5.85.